The van der Waals surface area contributed by atoms with Crippen molar-refractivity contribution in [3.05, 3.63) is 16.4 Å². The van der Waals surface area contributed by atoms with E-state index in [1.807, 2.05) is 18.7 Å². The number of anilines is 2. The molecule has 20 heavy (non-hydrogen) atoms. The topological polar surface area (TPSA) is 84.2 Å². The van der Waals surface area contributed by atoms with E-state index < -0.39 is 4.92 Å². The van der Waals surface area contributed by atoms with E-state index in [9.17, 15) is 10.1 Å². The highest BCUT2D eigenvalue weighted by Crippen LogP contribution is 2.34. The smallest absolute Gasteiger partial charge is 0.353 e. The molecule has 0 aromatic carbocycles. The van der Waals surface area contributed by atoms with Crippen LogP contribution in [0.15, 0.2) is 6.33 Å². The zero-order chi connectivity index (χ0) is 14.7. The third-order valence-corrected chi connectivity index (χ3v) is 3.49. The molecule has 0 saturated carbocycles. The fourth-order valence-corrected chi connectivity index (χ4v) is 2.37. The molecule has 1 aliphatic rings. The summed E-state index contributed by atoms with van der Waals surface area (Å²) >= 11 is 0. The van der Waals surface area contributed by atoms with E-state index in [1.165, 1.54) is 6.33 Å². The molecular weight excluding hydrogens is 258 g/mol. The molecule has 7 heteroatoms. The molecule has 0 amide bonds. The summed E-state index contributed by atoms with van der Waals surface area (Å²) in [6, 6.07) is 0.0813. The molecule has 2 rings (SSSR count). The SMILES string of the molecule is CC1CCN(c2ncnc(NC(C)C)c2[N+](=O)[O-])CC1. The third kappa shape index (κ3) is 3.15. The summed E-state index contributed by atoms with van der Waals surface area (Å²) in [4.78, 5) is 21.2. The Kier molecular flexibility index (Phi) is 4.36. The molecule has 0 bridgehead atoms. The molecule has 0 unspecified atom stereocenters. The van der Waals surface area contributed by atoms with Crippen molar-refractivity contribution in [1.29, 1.82) is 0 Å². The summed E-state index contributed by atoms with van der Waals surface area (Å²) in [5.41, 5.74) is -0.0178. The molecule has 1 aromatic rings. The second-order valence-electron chi connectivity index (χ2n) is 5.62. The molecule has 1 N–H and O–H groups in total. The summed E-state index contributed by atoms with van der Waals surface area (Å²) in [5, 5.41) is 14.4. The average Bonchev–Trinajstić information content (AvgIpc) is 2.38. The minimum atomic E-state index is -0.391. The van der Waals surface area contributed by atoms with Crippen LogP contribution in [0.25, 0.3) is 0 Å². The number of hydrogen-bond donors (Lipinski definition) is 1. The van der Waals surface area contributed by atoms with Gasteiger partial charge in [0.1, 0.15) is 6.33 Å². The van der Waals surface area contributed by atoms with Crippen LogP contribution in [0, 0.1) is 16.0 Å². The van der Waals surface area contributed by atoms with Crippen LogP contribution in [0.1, 0.15) is 33.6 Å². The molecule has 110 valence electrons. The van der Waals surface area contributed by atoms with E-state index in [0.29, 0.717) is 17.6 Å². The van der Waals surface area contributed by atoms with Crippen LogP contribution in [0.3, 0.4) is 0 Å². The lowest BCUT2D eigenvalue weighted by Crippen LogP contribution is -2.34. The summed E-state index contributed by atoms with van der Waals surface area (Å²) < 4.78 is 0. The van der Waals surface area contributed by atoms with Crippen LogP contribution in [0.4, 0.5) is 17.3 Å². The average molecular weight is 279 g/mol. The highest BCUT2D eigenvalue weighted by Gasteiger charge is 2.29. The van der Waals surface area contributed by atoms with Crippen molar-refractivity contribution in [3.63, 3.8) is 0 Å². The van der Waals surface area contributed by atoms with Crippen molar-refractivity contribution in [1.82, 2.24) is 9.97 Å². The lowest BCUT2D eigenvalue weighted by Gasteiger charge is -2.30. The Morgan fingerprint density at radius 2 is 2.05 bits per heavy atom. The molecular formula is C13H21N5O2. The fraction of sp³-hybridized carbons (Fsp3) is 0.692. The zero-order valence-electron chi connectivity index (χ0n) is 12.2. The predicted molar refractivity (Wildman–Crippen MR) is 78.1 cm³/mol. The Morgan fingerprint density at radius 3 is 2.60 bits per heavy atom. The first kappa shape index (κ1) is 14.5. The van der Waals surface area contributed by atoms with E-state index in [1.54, 1.807) is 0 Å². The van der Waals surface area contributed by atoms with Gasteiger partial charge in [-0.2, -0.15) is 0 Å². The Morgan fingerprint density at radius 1 is 1.40 bits per heavy atom. The van der Waals surface area contributed by atoms with Crippen molar-refractivity contribution in [2.75, 3.05) is 23.3 Å². The number of aromatic nitrogens is 2. The summed E-state index contributed by atoms with van der Waals surface area (Å²) in [6.07, 6.45) is 3.47. The first-order chi connectivity index (χ1) is 9.49. The van der Waals surface area contributed by atoms with Gasteiger partial charge >= 0.3 is 5.69 Å². The molecule has 1 aliphatic heterocycles. The van der Waals surface area contributed by atoms with Gasteiger partial charge in [-0.15, -0.1) is 0 Å². The summed E-state index contributed by atoms with van der Waals surface area (Å²) in [6.45, 7) is 7.67. The van der Waals surface area contributed by atoms with Crippen LogP contribution < -0.4 is 10.2 Å². The normalized spacial score (nSPS) is 16.5. The van der Waals surface area contributed by atoms with Gasteiger partial charge in [0.25, 0.3) is 0 Å². The van der Waals surface area contributed by atoms with E-state index in [-0.39, 0.29) is 11.7 Å². The Bertz CT molecular complexity index is 484. The van der Waals surface area contributed by atoms with Gasteiger partial charge in [0, 0.05) is 19.1 Å². The molecule has 1 aromatic heterocycles. The first-order valence-corrected chi connectivity index (χ1v) is 7.00. The van der Waals surface area contributed by atoms with Gasteiger partial charge in [0.2, 0.25) is 11.6 Å². The first-order valence-electron chi connectivity index (χ1n) is 7.00. The maximum absolute atomic E-state index is 11.4. The van der Waals surface area contributed by atoms with E-state index in [4.69, 9.17) is 0 Å². The molecule has 0 atom stereocenters. The van der Waals surface area contributed by atoms with Crippen LogP contribution in [0.2, 0.25) is 0 Å². The number of nitrogens with one attached hydrogen (secondary N) is 1. The van der Waals surface area contributed by atoms with E-state index in [0.717, 1.165) is 25.9 Å². The second-order valence-corrected chi connectivity index (χ2v) is 5.62. The van der Waals surface area contributed by atoms with Crippen molar-refractivity contribution >= 4 is 17.3 Å². The monoisotopic (exact) mass is 279 g/mol. The van der Waals surface area contributed by atoms with Crippen molar-refractivity contribution < 1.29 is 4.92 Å². The van der Waals surface area contributed by atoms with Gasteiger partial charge in [-0.25, -0.2) is 9.97 Å². The highest BCUT2D eigenvalue weighted by atomic mass is 16.6. The minimum absolute atomic E-state index is 0.0178. The maximum atomic E-state index is 11.4. The van der Waals surface area contributed by atoms with Crippen LogP contribution in [0.5, 0.6) is 0 Å². The van der Waals surface area contributed by atoms with E-state index in [2.05, 4.69) is 22.2 Å². The minimum Gasteiger partial charge on any atom is -0.362 e. The maximum Gasteiger partial charge on any atom is 0.353 e. The Hall–Kier alpha value is -1.92. The molecule has 1 fully saturated rings. The van der Waals surface area contributed by atoms with Crippen LogP contribution in [-0.2, 0) is 0 Å². The van der Waals surface area contributed by atoms with E-state index >= 15 is 0 Å². The standard InChI is InChI=1S/C13H21N5O2/c1-9(2)16-12-11(18(19)20)13(15-8-14-12)17-6-4-10(3)5-7-17/h8-10H,4-7H2,1-3H3,(H,14,15,16). The van der Waals surface area contributed by atoms with Crippen molar-refractivity contribution in [3.8, 4) is 0 Å². The van der Waals surface area contributed by atoms with Gasteiger partial charge < -0.3 is 10.2 Å². The molecule has 1 saturated heterocycles. The molecule has 7 nitrogen and oxygen atoms in total. The fourth-order valence-electron chi connectivity index (χ4n) is 2.37. The highest BCUT2D eigenvalue weighted by molar-refractivity contribution is 5.70. The summed E-state index contributed by atoms with van der Waals surface area (Å²) in [5.74, 6) is 1.40. The van der Waals surface area contributed by atoms with Crippen molar-refractivity contribution in [2.45, 2.75) is 39.7 Å². The van der Waals surface area contributed by atoms with Crippen molar-refractivity contribution in [2.24, 2.45) is 5.92 Å². The number of rotatable bonds is 4. The second kappa shape index (κ2) is 6.02. The zero-order valence-corrected chi connectivity index (χ0v) is 12.2. The molecule has 0 aliphatic carbocycles. The molecule has 2 heterocycles. The van der Waals surface area contributed by atoms with Gasteiger partial charge in [0.05, 0.1) is 4.92 Å². The lowest BCUT2D eigenvalue weighted by atomic mass is 9.99. The molecule has 0 radical (unpaired) electrons. The Balaban J connectivity index is 2.34. The largest absolute Gasteiger partial charge is 0.362 e. The third-order valence-electron chi connectivity index (χ3n) is 3.49. The molecule has 0 spiro atoms. The number of piperidine rings is 1. The summed E-state index contributed by atoms with van der Waals surface area (Å²) in [7, 11) is 0. The van der Waals surface area contributed by atoms with Gasteiger partial charge in [-0.1, -0.05) is 6.92 Å². The van der Waals surface area contributed by atoms with Gasteiger partial charge in [0.15, 0.2) is 0 Å². The number of nitrogens with zero attached hydrogens (tertiary/aromatic N) is 4. The van der Waals surface area contributed by atoms with Gasteiger partial charge in [-0.05, 0) is 32.6 Å². The predicted octanol–water partition coefficient (Wildman–Crippen LogP) is 2.44. The number of hydrogen-bond acceptors (Lipinski definition) is 6. The Labute approximate surface area is 118 Å². The van der Waals surface area contributed by atoms with Gasteiger partial charge in [-0.3, -0.25) is 10.1 Å². The lowest BCUT2D eigenvalue weighted by molar-refractivity contribution is -0.383. The number of nitro groups is 1. The quantitative estimate of drug-likeness (QED) is 0.673. The van der Waals surface area contributed by atoms with Crippen LogP contribution in [-0.4, -0.2) is 34.0 Å². The van der Waals surface area contributed by atoms with Crippen LogP contribution >= 0.6 is 0 Å².